The van der Waals surface area contributed by atoms with E-state index < -0.39 is 53.9 Å². The van der Waals surface area contributed by atoms with E-state index in [4.69, 9.17) is 24.7 Å². The van der Waals surface area contributed by atoms with Crippen molar-refractivity contribution in [1.29, 1.82) is 0 Å². The number of Topliss-reactive ketones (excluding diaryl/α,β-unsaturated/α-hetero) is 2. The maximum atomic E-state index is 14.3. The molecule has 1 aliphatic carbocycles. The summed E-state index contributed by atoms with van der Waals surface area (Å²) < 4.78 is 22.3. The number of hydrogen-bond donors (Lipinski definition) is 3. The Morgan fingerprint density at radius 1 is 1.06 bits per heavy atom. The van der Waals surface area contributed by atoms with Gasteiger partial charge in [-0.2, -0.15) is 5.10 Å². The van der Waals surface area contributed by atoms with E-state index in [9.17, 15) is 24.3 Å². The largest absolute Gasteiger partial charge is 0.492 e. The summed E-state index contributed by atoms with van der Waals surface area (Å²) in [6, 6.07) is 0. The van der Waals surface area contributed by atoms with Crippen molar-refractivity contribution in [2.24, 2.45) is 22.7 Å². The number of nitrogens with one attached hydrogen (secondary N) is 1. The Kier molecular flexibility index (Phi) is 18.0. The number of fused-ring (bicyclic) bond motifs is 2. The van der Waals surface area contributed by atoms with E-state index in [0.717, 1.165) is 25.7 Å². The van der Waals surface area contributed by atoms with Crippen LogP contribution in [0.15, 0.2) is 63.2 Å². The SMILES string of the molecule is CCCCN(CCCC)/N=C\C1=C2NC(=O)/C(C)=C\C=C/C(OC)C(OC(N)=O)/C(C)=C/C(C)C(O)C(OC)CC(C)CC(=C(OC)C1=O)C2=O. The van der Waals surface area contributed by atoms with Crippen molar-refractivity contribution < 1.29 is 43.2 Å². The number of ketones is 2. The molecule has 0 saturated heterocycles. The molecule has 2 aliphatic rings. The number of ether oxygens (including phenoxy) is 4. The molecule has 13 heteroatoms. The number of amides is 2. The molecule has 2 bridgehead atoms. The van der Waals surface area contributed by atoms with E-state index >= 15 is 0 Å². The van der Waals surface area contributed by atoms with Crippen molar-refractivity contribution >= 4 is 29.8 Å². The van der Waals surface area contributed by atoms with Crippen molar-refractivity contribution in [2.75, 3.05) is 34.4 Å². The highest BCUT2D eigenvalue weighted by atomic mass is 16.6. The molecule has 13 nitrogen and oxygen atoms in total. The summed E-state index contributed by atoms with van der Waals surface area (Å²) in [4.78, 5) is 53.7. The van der Waals surface area contributed by atoms with Gasteiger partial charge < -0.3 is 35.1 Å². The lowest BCUT2D eigenvalue weighted by atomic mass is 9.84. The lowest BCUT2D eigenvalue weighted by Gasteiger charge is -2.30. The number of carbonyl (C=O) groups excluding carboxylic acids is 4. The van der Waals surface area contributed by atoms with Crippen molar-refractivity contribution in [1.82, 2.24) is 10.3 Å². The zero-order valence-electron chi connectivity index (χ0n) is 31.7. The number of aliphatic hydroxyl groups is 1. The monoisotopic (exact) mass is 714 g/mol. The minimum atomic E-state index is -1.01. The van der Waals surface area contributed by atoms with Gasteiger partial charge in [0.15, 0.2) is 11.9 Å². The summed E-state index contributed by atoms with van der Waals surface area (Å²) in [5.74, 6) is -2.61. The van der Waals surface area contributed by atoms with Gasteiger partial charge >= 0.3 is 6.09 Å². The van der Waals surface area contributed by atoms with Crippen LogP contribution in [0.3, 0.4) is 0 Å². The van der Waals surface area contributed by atoms with Gasteiger partial charge in [-0.25, -0.2) is 4.79 Å². The van der Waals surface area contributed by atoms with E-state index in [1.54, 1.807) is 39.0 Å². The van der Waals surface area contributed by atoms with Crippen LogP contribution in [-0.2, 0) is 33.3 Å². The molecule has 4 N–H and O–H groups in total. The lowest BCUT2D eigenvalue weighted by Crippen LogP contribution is -2.38. The third-order valence-electron chi connectivity index (χ3n) is 9.03. The van der Waals surface area contributed by atoms with E-state index in [-0.39, 0.29) is 40.5 Å². The van der Waals surface area contributed by atoms with Crippen molar-refractivity contribution in [3.8, 4) is 0 Å². The zero-order valence-corrected chi connectivity index (χ0v) is 31.7. The number of nitrogens with zero attached hydrogens (tertiary/aromatic N) is 2. The molecule has 0 aromatic carbocycles. The second-order valence-corrected chi connectivity index (χ2v) is 13.2. The van der Waals surface area contributed by atoms with Crippen molar-refractivity contribution in [2.45, 2.75) is 104 Å². The van der Waals surface area contributed by atoms with Crippen LogP contribution < -0.4 is 11.1 Å². The number of methoxy groups -OCH3 is 3. The van der Waals surface area contributed by atoms with Gasteiger partial charge in [0.05, 0.1) is 31.1 Å². The first-order chi connectivity index (χ1) is 24.2. The number of primary amides is 1. The molecule has 0 spiro atoms. The molecule has 0 radical (unpaired) electrons. The zero-order chi connectivity index (χ0) is 38.2. The summed E-state index contributed by atoms with van der Waals surface area (Å²) in [5, 5.41) is 20.5. The number of aliphatic hydroxyl groups excluding tert-OH is 1. The molecule has 51 heavy (non-hydrogen) atoms. The maximum absolute atomic E-state index is 14.3. The molecule has 6 atom stereocenters. The maximum Gasteiger partial charge on any atom is 0.405 e. The normalized spacial score (nSPS) is 28.5. The van der Waals surface area contributed by atoms with E-state index in [0.29, 0.717) is 25.1 Å². The Bertz CT molecular complexity index is 1420. The first kappa shape index (κ1) is 43.1. The Balaban J connectivity index is 2.77. The molecule has 2 amide bonds. The van der Waals surface area contributed by atoms with Gasteiger partial charge in [0, 0.05) is 44.4 Å². The van der Waals surface area contributed by atoms with Crippen LogP contribution in [0.5, 0.6) is 0 Å². The fourth-order valence-electron chi connectivity index (χ4n) is 6.04. The van der Waals surface area contributed by atoms with Gasteiger partial charge in [-0.1, -0.05) is 64.8 Å². The number of nitrogens with two attached hydrogens (primary N) is 1. The van der Waals surface area contributed by atoms with Gasteiger partial charge in [0.2, 0.25) is 11.6 Å². The number of unbranched alkanes of at least 4 members (excludes halogenated alkanes) is 2. The van der Waals surface area contributed by atoms with Gasteiger partial charge in [0.25, 0.3) is 5.91 Å². The molecular formula is C38H58N4O9. The van der Waals surface area contributed by atoms with Gasteiger partial charge in [-0.15, -0.1) is 0 Å². The van der Waals surface area contributed by atoms with Crippen LogP contribution >= 0.6 is 0 Å². The molecule has 2 rings (SSSR count). The number of allylic oxidation sites excluding steroid dienone is 4. The van der Waals surface area contributed by atoms with Crippen LogP contribution in [-0.4, -0.2) is 98.7 Å². The quantitative estimate of drug-likeness (QED) is 0.111. The molecule has 0 aromatic heterocycles. The predicted molar refractivity (Wildman–Crippen MR) is 195 cm³/mol. The smallest absolute Gasteiger partial charge is 0.405 e. The first-order valence-corrected chi connectivity index (χ1v) is 17.7. The fraction of sp³-hybridized carbons (Fsp3) is 0.605. The molecule has 0 saturated carbocycles. The average Bonchev–Trinajstić information content (AvgIpc) is 3.09. The third-order valence-corrected chi connectivity index (χ3v) is 9.03. The summed E-state index contributed by atoms with van der Waals surface area (Å²) in [6.07, 6.45) is 7.45. The van der Waals surface area contributed by atoms with E-state index in [1.165, 1.54) is 33.6 Å². The van der Waals surface area contributed by atoms with E-state index in [2.05, 4.69) is 24.3 Å². The van der Waals surface area contributed by atoms with Gasteiger partial charge in [0.1, 0.15) is 11.8 Å². The number of hydrogen-bond acceptors (Lipinski definition) is 11. The first-order valence-electron chi connectivity index (χ1n) is 17.7. The van der Waals surface area contributed by atoms with E-state index in [1.807, 2.05) is 11.9 Å². The molecule has 1 aliphatic heterocycles. The lowest BCUT2D eigenvalue weighted by molar-refractivity contribution is -0.121. The Hall–Kier alpha value is -4.07. The minimum Gasteiger partial charge on any atom is -0.492 e. The molecule has 0 aromatic rings. The number of hydrazone groups is 1. The molecule has 1 heterocycles. The van der Waals surface area contributed by atoms with Crippen LogP contribution in [0.2, 0.25) is 0 Å². The second kappa shape index (κ2) is 21.3. The summed E-state index contributed by atoms with van der Waals surface area (Å²) in [7, 11) is 4.26. The molecule has 284 valence electrons. The Morgan fingerprint density at radius 2 is 1.71 bits per heavy atom. The van der Waals surface area contributed by atoms with Gasteiger partial charge in [-0.05, 0) is 51.0 Å². The van der Waals surface area contributed by atoms with Crippen LogP contribution in [0.4, 0.5) is 4.79 Å². The standard InChI is InChI=1S/C38H58N4O9/c1-10-12-17-42(18-13-11-2)40-22-28-31-33(44)27(36(50-9)34(28)45)19-23(3)20-30(49-8)32(43)25(5)21-26(6)35(51-38(39)47)29(48-7)16-14-15-24(4)37(46)41-31/h14-16,21-23,25,29-30,32,35,43H,10-13,17-20H2,1-9H3,(H2,39,47)(H,41,46)/b16-14-,24-15-,26-21+,40-22-. The topological polar surface area (TPSA) is 179 Å². The summed E-state index contributed by atoms with van der Waals surface area (Å²) in [5.41, 5.74) is 6.02. The molecular weight excluding hydrogens is 656 g/mol. The van der Waals surface area contributed by atoms with Crippen molar-refractivity contribution in [3.05, 3.63) is 58.1 Å². The number of carbonyl (C=O) groups is 4. The predicted octanol–water partition coefficient (Wildman–Crippen LogP) is 4.67. The van der Waals surface area contributed by atoms with Crippen LogP contribution in [0.25, 0.3) is 0 Å². The third kappa shape index (κ3) is 12.3. The highest BCUT2D eigenvalue weighted by Crippen LogP contribution is 2.31. The second-order valence-electron chi connectivity index (χ2n) is 13.2. The summed E-state index contributed by atoms with van der Waals surface area (Å²) in [6.45, 7) is 12.5. The van der Waals surface area contributed by atoms with Crippen LogP contribution in [0, 0.1) is 11.8 Å². The molecule has 0 fully saturated rings. The Labute approximate surface area is 302 Å². The fourth-order valence-corrected chi connectivity index (χ4v) is 6.04. The highest BCUT2D eigenvalue weighted by Gasteiger charge is 2.38. The minimum absolute atomic E-state index is 0.0831. The van der Waals surface area contributed by atoms with Crippen LogP contribution in [0.1, 0.15) is 80.1 Å². The summed E-state index contributed by atoms with van der Waals surface area (Å²) >= 11 is 0. The molecule has 6 unspecified atom stereocenters. The number of rotatable bonds is 12. The van der Waals surface area contributed by atoms with Gasteiger partial charge in [-0.3, -0.25) is 19.4 Å². The highest BCUT2D eigenvalue weighted by molar-refractivity contribution is 6.32. The van der Waals surface area contributed by atoms with Crippen molar-refractivity contribution in [3.63, 3.8) is 0 Å². The Morgan fingerprint density at radius 3 is 2.25 bits per heavy atom. The average molecular weight is 715 g/mol.